The van der Waals surface area contributed by atoms with E-state index in [0.29, 0.717) is 24.1 Å². The maximum atomic E-state index is 13.0. The minimum absolute atomic E-state index is 0.176. The van der Waals surface area contributed by atoms with Gasteiger partial charge in [0.2, 0.25) is 5.76 Å². The number of rotatable bonds is 4. The molecular weight excluding hydrogens is 352 g/mol. The second-order valence-corrected chi connectivity index (χ2v) is 7.02. The highest BCUT2D eigenvalue weighted by molar-refractivity contribution is 7.22. The van der Waals surface area contributed by atoms with E-state index in [0.717, 1.165) is 21.3 Å². The first kappa shape index (κ1) is 16.7. The van der Waals surface area contributed by atoms with Crippen molar-refractivity contribution in [3.63, 3.8) is 0 Å². The highest BCUT2D eigenvalue weighted by atomic mass is 32.1. The van der Waals surface area contributed by atoms with Gasteiger partial charge in [-0.05, 0) is 37.1 Å². The van der Waals surface area contributed by atoms with Crippen LogP contribution in [-0.4, -0.2) is 24.1 Å². The number of amides is 1. The molecule has 1 aliphatic rings. The van der Waals surface area contributed by atoms with Gasteiger partial charge in [-0.15, -0.1) is 0 Å². The first-order chi connectivity index (χ1) is 12.6. The van der Waals surface area contributed by atoms with Crippen LogP contribution in [0.25, 0.3) is 10.2 Å². The molecule has 2 aromatic heterocycles. The predicted octanol–water partition coefficient (Wildman–Crippen LogP) is 3.93. The quantitative estimate of drug-likeness (QED) is 0.696. The third kappa shape index (κ3) is 3.06. The Morgan fingerprint density at radius 1 is 1.23 bits per heavy atom. The first-order valence-electron chi connectivity index (χ1n) is 8.29. The molecular formula is C19H18N2O4S. The number of carbonyl (C=O) groups excluding carboxylic acids is 1. The van der Waals surface area contributed by atoms with Gasteiger partial charge >= 0.3 is 0 Å². The van der Waals surface area contributed by atoms with Crippen LogP contribution in [0.4, 0.5) is 5.13 Å². The summed E-state index contributed by atoms with van der Waals surface area (Å²) >= 11 is 1.49. The van der Waals surface area contributed by atoms with Crippen LogP contribution in [0.5, 0.6) is 0 Å². The lowest BCUT2D eigenvalue weighted by Crippen LogP contribution is -2.33. The molecule has 7 heteroatoms. The van der Waals surface area contributed by atoms with Crippen LogP contribution in [0, 0.1) is 13.8 Å². The summed E-state index contributed by atoms with van der Waals surface area (Å²) in [5.74, 6) is 0.550. The van der Waals surface area contributed by atoms with Gasteiger partial charge in [0.1, 0.15) is 25.2 Å². The van der Waals surface area contributed by atoms with Gasteiger partial charge in [0, 0.05) is 0 Å². The largest absolute Gasteiger partial charge is 0.494 e. The minimum atomic E-state index is -0.296. The van der Waals surface area contributed by atoms with Crippen molar-refractivity contribution in [3.8, 4) is 0 Å². The van der Waals surface area contributed by atoms with Gasteiger partial charge in [-0.3, -0.25) is 9.69 Å². The van der Waals surface area contributed by atoms with Crippen molar-refractivity contribution in [1.29, 1.82) is 0 Å². The molecule has 0 bridgehead atoms. The smallest absolute Gasteiger partial charge is 0.298 e. The zero-order valence-corrected chi connectivity index (χ0v) is 15.3. The molecule has 0 saturated heterocycles. The Kier molecular flexibility index (Phi) is 4.38. The maximum absolute atomic E-state index is 13.0. The molecule has 4 rings (SSSR count). The summed E-state index contributed by atoms with van der Waals surface area (Å²) in [5.41, 5.74) is 3.13. The predicted molar refractivity (Wildman–Crippen MR) is 99.0 cm³/mol. The van der Waals surface area contributed by atoms with E-state index in [2.05, 4.69) is 6.07 Å². The molecule has 3 aromatic rings. The molecule has 0 atom stereocenters. The van der Waals surface area contributed by atoms with Gasteiger partial charge in [0.25, 0.3) is 5.91 Å². The van der Waals surface area contributed by atoms with Crippen molar-refractivity contribution in [3.05, 3.63) is 59.4 Å². The molecule has 0 fully saturated rings. The fourth-order valence-electron chi connectivity index (χ4n) is 2.76. The molecule has 0 N–H and O–H groups in total. The monoisotopic (exact) mass is 370 g/mol. The standard InChI is InChI=1S/C19H18N2O4S/c1-12-5-6-13(2)17-16(12)20-19(26-17)21(10-14-4-3-7-24-14)18(22)15-11-23-8-9-25-15/h3-7,11H,8-10H2,1-2H3. The summed E-state index contributed by atoms with van der Waals surface area (Å²) in [4.78, 5) is 19.3. The number of carbonyl (C=O) groups is 1. The van der Waals surface area contributed by atoms with Crippen molar-refractivity contribution < 1.29 is 18.7 Å². The molecule has 3 heterocycles. The highest BCUT2D eigenvalue weighted by Gasteiger charge is 2.27. The summed E-state index contributed by atoms with van der Waals surface area (Å²) in [6.45, 7) is 5.12. The third-order valence-corrected chi connectivity index (χ3v) is 5.37. The van der Waals surface area contributed by atoms with E-state index in [1.165, 1.54) is 17.6 Å². The van der Waals surface area contributed by atoms with Crippen molar-refractivity contribution in [2.75, 3.05) is 18.1 Å². The number of nitrogens with zero attached hydrogens (tertiary/aromatic N) is 2. The molecule has 0 unspecified atom stereocenters. The number of benzene rings is 1. The van der Waals surface area contributed by atoms with E-state index in [-0.39, 0.29) is 18.2 Å². The number of hydrogen-bond donors (Lipinski definition) is 0. The average molecular weight is 370 g/mol. The van der Waals surface area contributed by atoms with Crippen molar-refractivity contribution in [2.45, 2.75) is 20.4 Å². The summed E-state index contributed by atoms with van der Waals surface area (Å²) in [6.07, 6.45) is 2.95. The van der Waals surface area contributed by atoms with E-state index in [4.69, 9.17) is 18.9 Å². The van der Waals surface area contributed by atoms with E-state index in [1.807, 2.05) is 26.0 Å². The first-order valence-corrected chi connectivity index (χ1v) is 9.10. The third-order valence-electron chi connectivity index (χ3n) is 4.16. The van der Waals surface area contributed by atoms with Crippen molar-refractivity contribution >= 4 is 32.6 Å². The van der Waals surface area contributed by atoms with Crippen molar-refractivity contribution in [1.82, 2.24) is 4.98 Å². The van der Waals surface area contributed by atoms with Gasteiger partial charge in [0.05, 0.1) is 23.0 Å². The lowest BCUT2D eigenvalue weighted by Gasteiger charge is -2.22. The maximum Gasteiger partial charge on any atom is 0.298 e. The molecule has 0 spiro atoms. The Balaban J connectivity index is 1.77. The number of fused-ring (bicyclic) bond motifs is 1. The average Bonchev–Trinajstić information content (AvgIpc) is 3.33. The van der Waals surface area contributed by atoms with Crippen LogP contribution in [0.1, 0.15) is 16.9 Å². The van der Waals surface area contributed by atoms with Gasteiger partial charge in [0.15, 0.2) is 5.13 Å². The number of ether oxygens (including phenoxy) is 2. The SMILES string of the molecule is Cc1ccc(C)c2sc(N(Cc3ccco3)C(=O)C3=COCCO3)nc12. The number of thiazole rings is 1. The lowest BCUT2D eigenvalue weighted by molar-refractivity contribution is -0.120. The molecule has 26 heavy (non-hydrogen) atoms. The molecule has 0 aliphatic carbocycles. The summed E-state index contributed by atoms with van der Waals surface area (Å²) < 4.78 is 17.2. The van der Waals surface area contributed by atoms with Crippen molar-refractivity contribution in [2.24, 2.45) is 0 Å². The van der Waals surface area contributed by atoms with Crippen LogP contribution in [-0.2, 0) is 20.8 Å². The van der Waals surface area contributed by atoms with Gasteiger partial charge in [-0.1, -0.05) is 23.5 Å². The molecule has 134 valence electrons. The normalized spacial score (nSPS) is 13.8. The number of hydrogen-bond acceptors (Lipinski definition) is 6. The van der Waals surface area contributed by atoms with E-state index < -0.39 is 0 Å². The van der Waals surface area contributed by atoms with E-state index in [1.54, 1.807) is 17.2 Å². The molecule has 0 saturated carbocycles. The molecule has 1 aliphatic heterocycles. The number of aromatic nitrogens is 1. The van der Waals surface area contributed by atoms with Gasteiger partial charge in [-0.25, -0.2) is 4.98 Å². The number of furan rings is 1. The number of anilines is 1. The zero-order valence-electron chi connectivity index (χ0n) is 14.5. The summed E-state index contributed by atoms with van der Waals surface area (Å²) in [5, 5.41) is 0.605. The van der Waals surface area contributed by atoms with Crippen LogP contribution in [0.15, 0.2) is 47.0 Å². The highest BCUT2D eigenvalue weighted by Crippen LogP contribution is 2.34. The number of aryl methyl sites for hydroxylation is 2. The van der Waals surface area contributed by atoms with Crippen LogP contribution in [0.2, 0.25) is 0 Å². The van der Waals surface area contributed by atoms with Crippen LogP contribution >= 0.6 is 11.3 Å². The Bertz CT molecular complexity index is 936. The molecule has 1 aromatic carbocycles. The Morgan fingerprint density at radius 3 is 2.77 bits per heavy atom. The second kappa shape index (κ2) is 6.84. The Hall–Kier alpha value is -2.80. The molecule has 1 amide bonds. The minimum Gasteiger partial charge on any atom is -0.494 e. The van der Waals surface area contributed by atoms with Crippen LogP contribution in [0.3, 0.4) is 0 Å². The lowest BCUT2D eigenvalue weighted by atomic mass is 10.1. The topological polar surface area (TPSA) is 64.8 Å². The van der Waals surface area contributed by atoms with Gasteiger partial charge in [-0.2, -0.15) is 0 Å². The fraction of sp³-hybridized carbons (Fsp3) is 0.263. The summed E-state index contributed by atoms with van der Waals surface area (Å²) in [7, 11) is 0. The Morgan fingerprint density at radius 2 is 2.08 bits per heavy atom. The zero-order chi connectivity index (χ0) is 18.1. The van der Waals surface area contributed by atoms with E-state index in [9.17, 15) is 4.79 Å². The fourth-order valence-corrected chi connectivity index (χ4v) is 3.87. The summed E-state index contributed by atoms with van der Waals surface area (Å²) in [6, 6.07) is 7.74. The van der Waals surface area contributed by atoms with E-state index >= 15 is 0 Å². The second-order valence-electron chi connectivity index (χ2n) is 6.05. The Labute approximate surface area is 154 Å². The van der Waals surface area contributed by atoms with Gasteiger partial charge < -0.3 is 13.9 Å². The molecule has 6 nitrogen and oxygen atoms in total. The van der Waals surface area contributed by atoms with Crippen LogP contribution < -0.4 is 4.90 Å². The molecule has 0 radical (unpaired) electrons.